The summed E-state index contributed by atoms with van der Waals surface area (Å²) in [4.78, 5) is 9.23. The zero-order chi connectivity index (χ0) is 22.9. The van der Waals surface area contributed by atoms with Crippen LogP contribution in [0.5, 0.6) is 0 Å². The van der Waals surface area contributed by atoms with Gasteiger partial charge in [-0.25, -0.2) is 19.2 Å². The Kier molecular flexibility index (Phi) is 5.77. The largest absolute Gasteiger partial charge is 0.353 e. The lowest BCUT2D eigenvalue weighted by atomic mass is 10.2. The molecule has 0 aliphatic carbocycles. The van der Waals surface area contributed by atoms with Crippen LogP contribution < -0.4 is 0 Å². The van der Waals surface area contributed by atoms with Gasteiger partial charge in [-0.1, -0.05) is 5.21 Å². The lowest BCUT2D eigenvalue weighted by molar-refractivity contribution is -0.163. The molecule has 5 aromatic rings. The Labute approximate surface area is 202 Å². The standard InChI is InChI=1S/C22H22BrN9O2/c23-17-11-26-31-5-4-15(9-19(17)31)13-32-22-21(28-29-32)24-12-18(27-22)16-10-25-30(14-16)6-8-34-20-3-1-2-7-33-20/h4-5,9-12,14,20H,1-3,6-8,13H2. The highest BCUT2D eigenvalue weighted by Crippen LogP contribution is 2.21. The van der Waals surface area contributed by atoms with E-state index in [1.54, 1.807) is 23.3 Å². The SMILES string of the molecule is Brc1cnn2ccc(Cn3nnc4ncc(-c5cnn(CCOC6CCCCO6)c5)nc43)cc12. The first-order chi connectivity index (χ1) is 16.7. The summed E-state index contributed by atoms with van der Waals surface area (Å²) >= 11 is 3.53. The molecule has 12 heteroatoms. The Hall–Kier alpha value is -3.22. The van der Waals surface area contributed by atoms with Crippen molar-refractivity contribution in [1.29, 1.82) is 0 Å². The molecular formula is C22H22BrN9O2. The molecule has 5 aromatic heterocycles. The maximum Gasteiger partial charge on any atom is 0.221 e. The molecule has 0 aromatic carbocycles. The van der Waals surface area contributed by atoms with E-state index in [0.29, 0.717) is 36.7 Å². The van der Waals surface area contributed by atoms with Gasteiger partial charge in [-0.15, -0.1) is 5.10 Å². The van der Waals surface area contributed by atoms with E-state index < -0.39 is 0 Å². The van der Waals surface area contributed by atoms with Crippen molar-refractivity contribution in [3.8, 4) is 11.3 Å². The number of hydrogen-bond donors (Lipinski definition) is 0. The number of nitrogens with zero attached hydrogens (tertiary/aromatic N) is 9. The van der Waals surface area contributed by atoms with E-state index in [2.05, 4.69) is 47.5 Å². The molecule has 1 aliphatic heterocycles. The van der Waals surface area contributed by atoms with Gasteiger partial charge in [0.1, 0.15) is 0 Å². The highest BCUT2D eigenvalue weighted by molar-refractivity contribution is 9.10. The summed E-state index contributed by atoms with van der Waals surface area (Å²) < 4.78 is 17.8. The minimum atomic E-state index is -0.0966. The van der Waals surface area contributed by atoms with Crippen molar-refractivity contribution < 1.29 is 9.47 Å². The Morgan fingerprint density at radius 3 is 3.06 bits per heavy atom. The van der Waals surface area contributed by atoms with Gasteiger partial charge in [0.05, 0.1) is 54.0 Å². The Bertz CT molecular complexity index is 1440. The number of hydrogen-bond acceptors (Lipinski definition) is 8. The van der Waals surface area contributed by atoms with Crippen LogP contribution in [0, 0.1) is 0 Å². The minimum absolute atomic E-state index is 0.0966. The fraction of sp³-hybridized carbons (Fsp3) is 0.364. The van der Waals surface area contributed by atoms with E-state index in [-0.39, 0.29) is 6.29 Å². The van der Waals surface area contributed by atoms with Gasteiger partial charge in [0.25, 0.3) is 0 Å². The van der Waals surface area contributed by atoms with Crippen LogP contribution in [0.3, 0.4) is 0 Å². The van der Waals surface area contributed by atoms with Crippen molar-refractivity contribution in [2.75, 3.05) is 13.2 Å². The predicted molar refractivity (Wildman–Crippen MR) is 126 cm³/mol. The van der Waals surface area contributed by atoms with Crippen LogP contribution in [0.1, 0.15) is 24.8 Å². The molecule has 0 bridgehead atoms. The number of fused-ring (bicyclic) bond motifs is 2. The van der Waals surface area contributed by atoms with Gasteiger partial charge in [0.2, 0.25) is 5.65 Å². The second-order valence-corrected chi connectivity index (χ2v) is 9.02. The topological polar surface area (TPSA) is 110 Å². The molecule has 1 atom stereocenters. The fourth-order valence-corrected chi connectivity index (χ4v) is 4.39. The molecule has 1 saturated heterocycles. The molecule has 34 heavy (non-hydrogen) atoms. The first-order valence-corrected chi connectivity index (χ1v) is 12.0. The molecule has 0 amide bonds. The van der Waals surface area contributed by atoms with Crippen LogP contribution in [-0.2, 0) is 22.6 Å². The van der Waals surface area contributed by atoms with E-state index in [9.17, 15) is 0 Å². The Balaban J connectivity index is 1.18. The monoisotopic (exact) mass is 523 g/mol. The van der Waals surface area contributed by atoms with Gasteiger partial charge in [-0.3, -0.25) is 4.68 Å². The summed E-state index contributed by atoms with van der Waals surface area (Å²) in [5.41, 5.74) is 4.76. The average molecular weight is 524 g/mol. The van der Waals surface area contributed by atoms with Crippen LogP contribution in [0.2, 0.25) is 0 Å². The molecule has 0 saturated carbocycles. The summed E-state index contributed by atoms with van der Waals surface area (Å²) in [6.07, 6.45) is 12.2. The molecule has 6 rings (SSSR count). The number of pyridine rings is 1. The summed E-state index contributed by atoms with van der Waals surface area (Å²) in [7, 11) is 0. The number of rotatable bonds is 7. The van der Waals surface area contributed by atoms with Crippen LogP contribution in [0.25, 0.3) is 28.1 Å². The minimum Gasteiger partial charge on any atom is -0.353 e. The maximum atomic E-state index is 5.81. The lowest BCUT2D eigenvalue weighted by Gasteiger charge is -2.22. The average Bonchev–Trinajstić information content (AvgIpc) is 3.59. The predicted octanol–water partition coefficient (Wildman–Crippen LogP) is 3.09. The normalized spacial score (nSPS) is 16.6. The van der Waals surface area contributed by atoms with E-state index in [1.807, 2.05) is 27.7 Å². The van der Waals surface area contributed by atoms with Crippen LogP contribution >= 0.6 is 15.9 Å². The van der Waals surface area contributed by atoms with Gasteiger partial charge < -0.3 is 9.47 Å². The Morgan fingerprint density at radius 2 is 2.15 bits per heavy atom. The molecule has 0 radical (unpaired) electrons. The first-order valence-electron chi connectivity index (χ1n) is 11.2. The van der Waals surface area contributed by atoms with Crippen molar-refractivity contribution in [3.05, 3.63) is 53.2 Å². The summed E-state index contributed by atoms with van der Waals surface area (Å²) in [5, 5.41) is 17.2. The number of halogens is 1. The van der Waals surface area contributed by atoms with Crippen LogP contribution in [-0.4, -0.2) is 63.9 Å². The zero-order valence-corrected chi connectivity index (χ0v) is 19.9. The van der Waals surface area contributed by atoms with Crippen molar-refractivity contribution >= 4 is 32.7 Å². The Morgan fingerprint density at radius 1 is 1.18 bits per heavy atom. The first kappa shape index (κ1) is 21.3. The fourth-order valence-electron chi connectivity index (χ4n) is 4.01. The summed E-state index contributed by atoms with van der Waals surface area (Å²) in [6.45, 7) is 2.48. The molecule has 6 heterocycles. The maximum absolute atomic E-state index is 5.81. The number of ether oxygens (including phenoxy) is 2. The van der Waals surface area contributed by atoms with Gasteiger partial charge in [-0.2, -0.15) is 10.2 Å². The molecule has 1 fully saturated rings. The van der Waals surface area contributed by atoms with Gasteiger partial charge >= 0.3 is 0 Å². The van der Waals surface area contributed by atoms with E-state index in [4.69, 9.17) is 14.5 Å². The van der Waals surface area contributed by atoms with Crippen molar-refractivity contribution in [2.45, 2.75) is 38.6 Å². The quantitative estimate of drug-likeness (QED) is 0.320. The second kappa shape index (κ2) is 9.20. The van der Waals surface area contributed by atoms with Crippen molar-refractivity contribution in [1.82, 2.24) is 44.4 Å². The van der Waals surface area contributed by atoms with Crippen molar-refractivity contribution in [3.63, 3.8) is 0 Å². The third kappa shape index (κ3) is 4.31. The number of aromatic nitrogens is 9. The summed E-state index contributed by atoms with van der Waals surface area (Å²) in [5.74, 6) is 0. The van der Waals surface area contributed by atoms with Crippen LogP contribution in [0.4, 0.5) is 0 Å². The molecule has 1 unspecified atom stereocenters. The van der Waals surface area contributed by atoms with Gasteiger partial charge in [0.15, 0.2) is 11.9 Å². The molecule has 0 N–H and O–H groups in total. The molecular weight excluding hydrogens is 502 g/mol. The van der Waals surface area contributed by atoms with Gasteiger partial charge in [-0.05, 0) is 52.9 Å². The molecule has 0 spiro atoms. The molecule has 174 valence electrons. The van der Waals surface area contributed by atoms with E-state index in [1.165, 1.54) is 0 Å². The smallest absolute Gasteiger partial charge is 0.221 e. The van der Waals surface area contributed by atoms with Crippen LogP contribution in [0.15, 0.2) is 47.6 Å². The van der Waals surface area contributed by atoms with Gasteiger partial charge in [0, 0.05) is 24.6 Å². The molecule has 1 aliphatic rings. The second-order valence-electron chi connectivity index (χ2n) is 8.17. The lowest BCUT2D eigenvalue weighted by Crippen LogP contribution is -2.24. The highest BCUT2D eigenvalue weighted by Gasteiger charge is 2.15. The van der Waals surface area contributed by atoms with E-state index >= 15 is 0 Å². The van der Waals surface area contributed by atoms with E-state index in [0.717, 1.165) is 47.0 Å². The molecule has 11 nitrogen and oxygen atoms in total. The van der Waals surface area contributed by atoms with Crippen molar-refractivity contribution in [2.24, 2.45) is 0 Å². The highest BCUT2D eigenvalue weighted by atomic mass is 79.9. The zero-order valence-electron chi connectivity index (χ0n) is 18.3. The third-order valence-corrected chi connectivity index (χ3v) is 6.40. The third-order valence-electron chi connectivity index (χ3n) is 5.79. The summed E-state index contributed by atoms with van der Waals surface area (Å²) in [6, 6.07) is 4.06.